The van der Waals surface area contributed by atoms with E-state index in [2.05, 4.69) is 10.4 Å². The molecule has 1 atom stereocenters. The van der Waals surface area contributed by atoms with Gasteiger partial charge in [0.15, 0.2) is 0 Å². The number of aryl methyl sites for hydroxylation is 3. The first-order valence-electron chi connectivity index (χ1n) is 7.07. The first-order valence-corrected chi connectivity index (χ1v) is 7.07. The molecule has 2 aromatic rings. The average molecular weight is 275 g/mol. The topological polar surface area (TPSA) is 29.9 Å². The highest BCUT2D eigenvalue weighted by Crippen LogP contribution is 2.22. The largest absolute Gasteiger partial charge is 0.310 e. The summed E-state index contributed by atoms with van der Waals surface area (Å²) in [6, 6.07) is 5.50. The normalized spacial score (nSPS) is 12.6. The number of hydrogen-bond acceptors (Lipinski definition) is 2. The summed E-state index contributed by atoms with van der Waals surface area (Å²) in [6.07, 6.45) is 5.63. The van der Waals surface area contributed by atoms with Gasteiger partial charge in [0.2, 0.25) is 0 Å². The van der Waals surface area contributed by atoms with Gasteiger partial charge in [-0.2, -0.15) is 5.10 Å². The lowest BCUT2D eigenvalue weighted by atomic mass is 9.98. The zero-order valence-electron chi connectivity index (χ0n) is 12.4. The third kappa shape index (κ3) is 3.67. The smallest absolute Gasteiger partial charge is 0.128 e. The Morgan fingerprint density at radius 3 is 2.80 bits per heavy atom. The van der Waals surface area contributed by atoms with Crippen LogP contribution in [0.3, 0.4) is 0 Å². The third-order valence-corrected chi connectivity index (χ3v) is 3.46. The zero-order chi connectivity index (χ0) is 14.5. The van der Waals surface area contributed by atoms with Crippen LogP contribution in [-0.4, -0.2) is 16.3 Å². The Morgan fingerprint density at radius 2 is 2.20 bits per heavy atom. The first kappa shape index (κ1) is 14.7. The number of benzene rings is 1. The van der Waals surface area contributed by atoms with Crippen LogP contribution in [0.25, 0.3) is 0 Å². The van der Waals surface area contributed by atoms with Crippen molar-refractivity contribution in [3.8, 4) is 0 Å². The molecule has 2 rings (SSSR count). The molecule has 0 spiro atoms. The van der Waals surface area contributed by atoms with Gasteiger partial charge in [-0.1, -0.05) is 19.1 Å². The highest BCUT2D eigenvalue weighted by Gasteiger charge is 2.15. The van der Waals surface area contributed by atoms with Crippen molar-refractivity contribution in [3.05, 3.63) is 53.1 Å². The van der Waals surface area contributed by atoms with Gasteiger partial charge in [-0.25, -0.2) is 4.39 Å². The van der Waals surface area contributed by atoms with E-state index in [4.69, 9.17) is 0 Å². The number of hydrogen-bond donors (Lipinski definition) is 1. The molecule has 0 bridgehead atoms. The fourth-order valence-corrected chi connectivity index (χ4v) is 2.44. The molecule has 1 aromatic carbocycles. The van der Waals surface area contributed by atoms with Gasteiger partial charge < -0.3 is 5.32 Å². The Balaban J connectivity index is 2.09. The molecule has 4 heteroatoms. The van der Waals surface area contributed by atoms with Gasteiger partial charge in [0, 0.05) is 24.8 Å². The second-order valence-corrected chi connectivity index (χ2v) is 5.20. The van der Waals surface area contributed by atoms with Crippen molar-refractivity contribution in [2.24, 2.45) is 7.05 Å². The fourth-order valence-electron chi connectivity index (χ4n) is 2.44. The van der Waals surface area contributed by atoms with Crippen molar-refractivity contribution >= 4 is 0 Å². The molecule has 1 unspecified atom stereocenters. The molecule has 0 radical (unpaired) electrons. The molecule has 108 valence electrons. The molecule has 1 heterocycles. The number of rotatable bonds is 6. The second-order valence-electron chi connectivity index (χ2n) is 5.20. The number of halogens is 1. The van der Waals surface area contributed by atoms with Gasteiger partial charge in [0.05, 0.1) is 6.20 Å². The van der Waals surface area contributed by atoms with Crippen molar-refractivity contribution in [3.63, 3.8) is 0 Å². The van der Waals surface area contributed by atoms with Gasteiger partial charge in [-0.05, 0) is 43.5 Å². The van der Waals surface area contributed by atoms with E-state index in [0.29, 0.717) is 0 Å². The fraction of sp³-hybridized carbons (Fsp3) is 0.438. The van der Waals surface area contributed by atoms with Crippen LogP contribution >= 0.6 is 0 Å². The molecule has 0 amide bonds. The van der Waals surface area contributed by atoms with Crippen molar-refractivity contribution in [2.45, 2.75) is 32.7 Å². The van der Waals surface area contributed by atoms with E-state index in [-0.39, 0.29) is 11.9 Å². The average Bonchev–Trinajstić information content (AvgIpc) is 2.81. The molecule has 0 saturated carbocycles. The van der Waals surface area contributed by atoms with Gasteiger partial charge in [0.25, 0.3) is 0 Å². The Labute approximate surface area is 119 Å². The molecular weight excluding hydrogens is 253 g/mol. The Kier molecular flexibility index (Phi) is 4.90. The predicted octanol–water partition coefficient (Wildman–Crippen LogP) is 3.15. The maximum absolute atomic E-state index is 14.1. The zero-order valence-corrected chi connectivity index (χ0v) is 12.4. The molecule has 1 N–H and O–H groups in total. The minimum atomic E-state index is -0.123. The molecule has 1 aromatic heterocycles. The van der Waals surface area contributed by atoms with Crippen LogP contribution in [0.1, 0.15) is 36.1 Å². The summed E-state index contributed by atoms with van der Waals surface area (Å²) in [6.45, 7) is 4.78. The van der Waals surface area contributed by atoms with Crippen LogP contribution in [0, 0.1) is 12.7 Å². The van der Waals surface area contributed by atoms with Gasteiger partial charge >= 0.3 is 0 Å². The first-order chi connectivity index (χ1) is 9.60. The second kappa shape index (κ2) is 6.66. The van der Waals surface area contributed by atoms with Crippen molar-refractivity contribution in [2.75, 3.05) is 6.54 Å². The summed E-state index contributed by atoms with van der Waals surface area (Å²) < 4.78 is 15.9. The van der Waals surface area contributed by atoms with E-state index in [9.17, 15) is 4.39 Å². The summed E-state index contributed by atoms with van der Waals surface area (Å²) in [5, 5.41) is 7.53. The summed E-state index contributed by atoms with van der Waals surface area (Å²) >= 11 is 0. The monoisotopic (exact) mass is 275 g/mol. The minimum Gasteiger partial charge on any atom is -0.310 e. The van der Waals surface area contributed by atoms with E-state index in [1.807, 2.05) is 45.4 Å². The van der Waals surface area contributed by atoms with E-state index < -0.39 is 0 Å². The third-order valence-electron chi connectivity index (χ3n) is 3.46. The van der Waals surface area contributed by atoms with Gasteiger partial charge in [-0.3, -0.25) is 4.68 Å². The number of nitrogens with one attached hydrogen (secondary N) is 1. The highest BCUT2D eigenvalue weighted by atomic mass is 19.1. The molecular formula is C16H22FN3. The number of nitrogens with zero attached hydrogens (tertiary/aromatic N) is 2. The molecule has 0 aliphatic heterocycles. The Hall–Kier alpha value is -1.68. The van der Waals surface area contributed by atoms with Crippen molar-refractivity contribution < 1.29 is 4.39 Å². The summed E-state index contributed by atoms with van der Waals surface area (Å²) in [7, 11) is 1.91. The minimum absolute atomic E-state index is 0.0424. The highest BCUT2D eigenvalue weighted by molar-refractivity contribution is 5.26. The standard InChI is InChI=1S/C16H22FN3/c1-4-18-16(8-6-13-10-19-20(3)11-13)14-7-5-12(2)9-15(14)17/h5,7,9-11,16,18H,4,6,8H2,1-3H3. The van der Waals surface area contributed by atoms with Crippen LogP contribution in [0.2, 0.25) is 0 Å². The Morgan fingerprint density at radius 1 is 1.40 bits per heavy atom. The summed E-state index contributed by atoms with van der Waals surface area (Å²) in [5.41, 5.74) is 2.89. The van der Waals surface area contributed by atoms with E-state index in [1.54, 1.807) is 10.7 Å². The molecule has 0 aliphatic carbocycles. The molecule has 0 aliphatic rings. The van der Waals surface area contributed by atoms with Gasteiger partial charge in [-0.15, -0.1) is 0 Å². The van der Waals surface area contributed by atoms with Crippen LogP contribution in [-0.2, 0) is 13.5 Å². The number of aromatic nitrogens is 2. The Bertz CT molecular complexity index is 563. The van der Waals surface area contributed by atoms with Crippen LogP contribution in [0.4, 0.5) is 4.39 Å². The molecule has 0 fully saturated rings. The van der Waals surface area contributed by atoms with Crippen LogP contribution < -0.4 is 5.32 Å². The van der Waals surface area contributed by atoms with E-state index >= 15 is 0 Å². The van der Waals surface area contributed by atoms with Crippen LogP contribution in [0.15, 0.2) is 30.6 Å². The van der Waals surface area contributed by atoms with Crippen molar-refractivity contribution in [1.29, 1.82) is 0 Å². The van der Waals surface area contributed by atoms with E-state index in [1.165, 1.54) is 5.56 Å². The van der Waals surface area contributed by atoms with Gasteiger partial charge in [0.1, 0.15) is 5.82 Å². The van der Waals surface area contributed by atoms with Crippen molar-refractivity contribution in [1.82, 2.24) is 15.1 Å². The quantitative estimate of drug-likeness (QED) is 0.877. The SMILES string of the molecule is CCNC(CCc1cnn(C)c1)c1ccc(C)cc1F. The lowest BCUT2D eigenvalue weighted by Crippen LogP contribution is -2.22. The molecule has 0 saturated heterocycles. The lowest BCUT2D eigenvalue weighted by molar-refractivity contribution is 0.485. The summed E-state index contributed by atoms with van der Waals surface area (Å²) in [5.74, 6) is -0.123. The lowest BCUT2D eigenvalue weighted by Gasteiger charge is -2.19. The van der Waals surface area contributed by atoms with E-state index in [0.717, 1.165) is 30.5 Å². The van der Waals surface area contributed by atoms with Crippen LogP contribution in [0.5, 0.6) is 0 Å². The predicted molar refractivity (Wildman–Crippen MR) is 79.1 cm³/mol. The summed E-state index contributed by atoms with van der Waals surface area (Å²) in [4.78, 5) is 0. The molecule has 20 heavy (non-hydrogen) atoms. The maximum atomic E-state index is 14.1. The molecule has 3 nitrogen and oxygen atoms in total. The maximum Gasteiger partial charge on any atom is 0.128 e.